The first-order chi connectivity index (χ1) is 12.4. The number of rotatable bonds is 7. The van der Waals surface area contributed by atoms with E-state index in [0.29, 0.717) is 0 Å². The maximum absolute atomic E-state index is 13.3. The van der Waals surface area contributed by atoms with Crippen LogP contribution in [0.5, 0.6) is 0 Å². The van der Waals surface area contributed by atoms with Crippen LogP contribution in [0.25, 0.3) is 0 Å². The Bertz CT molecular complexity index is 798. The highest BCUT2D eigenvalue weighted by Gasteiger charge is 2.59. The van der Waals surface area contributed by atoms with Gasteiger partial charge in [-0.1, -0.05) is 32.1 Å². The van der Waals surface area contributed by atoms with Crippen LogP contribution in [-0.4, -0.2) is 14.2 Å². The third-order valence-electron chi connectivity index (χ3n) is 4.67. The van der Waals surface area contributed by atoms with E-state index in [9.17, 15) is 28.3 Å². The molecule has 5 nitrogen and oxygen atoms in total. The predicted molar refractivity (Wildman–Crippen MR) is 93.4 cm³/mol. The lowest BCUT2D eigenvalue weighted by Crippen LogP contribution is -2.40. The zero-order valence-corrected chi connectivity index (χ0v) is 16.3. The molecule has 0 aliphatic heterocycles. The van der Waals surface area contributed by atoms with Crippen LogP contribution in [0.2, 0.25) is 0 Å². The van der Waals surface area contributed by atoms with Gasteiger partial charge in [-0.2, -0.15) is 23.7 Å². The van der Waals surface area contributed by atoms with Crippen molar-refractivity contribution in [2.24, 2.45) is 10.8 Å². The first-order valence-corrected chi connectivity index (χ1v) is 9.34. The molecule has 0 aromatic heterocycles. The molecule has 1 aromatic rings. The molecule has 27 heavy (non-hydrogen) atoms. The van der Waals surface area contributed by atoms with Gasteiger partial charge >= 0.3 is 13.8 Å². The Labute approximate surface area is 156 Å². The van der Waals surface area contributed by atoms with Gasteiger partial charge in [-0.3, -0.25) is 4.57 Å². The molecule has 0 radical (unpaired) electrons. The normalized spacial score (nSPS) is 14.1. The van der Waals surface area contributed by atoms with Gasteiger partial charge < -0.3 is 9.05 Å². The van der Waals surface area contributed by atoms with Crippen LogP contribution in [0.4, 0.5) is 13.2 Å². The number of halogens is 3. The SMILES string of the molecule is C=CC(C)(C)C(C#N)(C#N)[C@@H](c1ccc(C(F)(F)F)cc1)P(=O)(OC)OC. The Kier molecular flexibility index (Phi) is 6.67. The average Bonchev–Trinajstić information content (AvgIpc) is 2.64. The summed E-state index contributed by atoms with van der Waals surface area (Å²) in [5.74, 6) is 0. The minimum atomic E-state index is -4.57. The van der Waals surface area contributed by atoms with E-state index in [0.717, 1.165) is 38.5 Å². The lowest BCUT2D eigenvalue weighted by atomic mass is 9.64. The number of hydrogen-bond acceptors (Lipinski definition) is 5. The highest BCUT2D eigenvalue weighted by Crippen LogP contribution is 2.69. The lowest BCUT2D eigenvalue weighted by Gasteiger charge is -2.41. The summed E-state index contributed by atoms with van der Waals surface area (Å²) < 4.78 is 61.9. The number of nitrogens with zero attached hydrogens (tertiary/aromatic N) is 2. The van der Waals surface area contributed by atoms with Gasteiger partial charge in [0.25, 0.3) is 0 Å². The minimum Gasteiger partial charge on any atom is -0.311 e. The van der Waals surface area contributed by atoms with Crippen molar-refractivity contribution in [3.8, 4) is 12.1 Å². The summed E-state index contributed by atoms with van der Waals surface area (Å²) in [5, 5.41) is 19.8. The molecular weight excluding hydrogens is 380 g/mol. The summed E-state index contributed by atoms with van der Waals surface area (Å²) in [6.45, 7) is 6.71. The van der Waals surface area contributed by atoms with Gasteiger partial charge in [0.2, 0.25) is 0 Å². The molecule has 0 heterocycles. The molecule has 0 amide bonds. The van der Waals surface area contributed by atoms with Crippen molar-refractivity contribution in [2.45, 2.75) is 25.7 Å². The molecule has 9 heteroatoms. The molecule has 0 aliphatic rings. The third-order valence-corrected chi connectivity index (χ3v) is 7.00. The maximum atomic E-state index is 13.3. The fourth-order valence-corrected chi connectivity index (χ4v) is 4.79. The van der Waals surface area contributed by atoms with E-state index in [1.54, 1.807) is 13.8 Å². The van der Waals surface area contributed by atoms with Gasteiger partial charge in [-0.25, -0.2) is 0 Å². The summed E-state index contributed by atoms with van der Waals surface area (Å²) >= 11 is 0. The zero-order chi connectivity index (χ0) is 21.1. The molecule has 146 valence electrons. The van der Waals surface area contributed by atoms with Gasteiger partial charge in [0, 0.05) is 19.6 Å². The summed E-state index contributed by atoms with van der Waals surface area (Å²) in [6.07, 6.45) is -3.21. The molecule has 0 saturated carbocycles. The second kappa shape index (κ2) is 7.86. The molecule has 1 rings (SSSR count). The number of benzene rings is 1. The van der Waals surface area contributed by atoms with E-state index in [-0.39, 0.29) is 5.56 Å². The first-order valence-electron chi connectivity index (χ1n) is 7.73. The van der Waals surface area contributed by atoms with E-state index in [1.165, 1.54) is 6.08 Å². The highest BCUT2D eigenvalue weighted by molar-refractivity contribution is 7.54. The summed E-state index contributed by atoms with van der Waals surface area (Å²) in [4.78, 5) is 0. The summed E-state index contributed by atoms with van der Waals surface area (Å²) in [7, 11) is -1.94. The number of alkyl halides is 3. The maximum Gasteiger partial charge on any atom is 0.416 e. The van der Waals surface area contributed by atoms with Crippen molar-refractivity contribution in [1.29, 1.82) is 10.5 Å². The monoisotopic (exact) mass is 400 g/mol. The Morgan fingerprint density at radius 2 is 1.56 bits per heavy atom. The van der Waals surface area contributed by atoms with Crippen molar-refractivity contribution in [2.75, 3.05) is 14.2 Å². The molecule has 0 unspecified atom stereocenters. The standard InChI is InChI=1S/C18H20F3N2O3P/c1-6-16(2,3)17(11-22,12-23)15(27(24,25-4)26-5)13-7-9-14(10-8-13)18(19,20)21/h6-10,15H,1H2,2-5H3/t15-/m1/s1. The lowest BCUT2D eigenvalue weighted by molar-refractivity contribution is -0.137. The van der Waals surface area contributed by atoms with Crippen LogP contribution in [-0.2, 0) is 19.8 Å². The zero-order valence-electron chi connectivity index (χ0n) is 15.4. The Morgan fingerprint density at radius 1 is 1.11 bits per heavy atom. The van der Waals surface area contributed by atoms with Crippen molar-refractivity contribution in [1.82, 2.24) is 0 Å². The van der Waals surface area contributed by atoms with E-state index < -0.39 is 35.8 Å². The number of nitriles is 2. The molecule has 0 fully saturated rings. The largest absolute Gasteiger partial charge is 0.416 e. The average molecular weight is 400 g/mol. The van der Waals surface area contributed by atoms with E-state index in [2.05, 4.69) is 6.58 Å². The van der Waals surface area contributed by atoms with Gasteiger partial charge in [-0.15, -0.1) is 6.58 Å². The molecule has 1 atom stereocenters. The second-order valence-corrected chi connectivity index (χ2v) is 8.71. The Morgan fingerprint density at radius 3 is 1.85 bits per heavy atom. The van der Waals surface area contributed by atoms with Gasteiger partial charge in [0.1, 0.15) is 5.66 Å². The molecule has 0 aliphatic carbocycles. The highest BCUT2D eigenvalue weighted by atomic mass is 31.2. The molecule has 0 bridgehead atoms. The van der Waals surface area contributed by atoms with Crippen LogP contribution >= 0.6 is 7.60 Å². The molecule has 0 saturated heterocycles. The fraction of sp³-hybridized carbons (Fsp3) is 0.444. The third kappa shape index (κ3) is 3.94. The Balaban J connectivity index is 3.84. The van der Waals surface area contributed by atoms with Gasteiger partial charge in [-0.05, 0) is 17.7 Å². The van der Waals surface area contributed by atoms with Crippen LogP contribution in [0.1, 0.15) is 30.6 Å². The van der Waals surface area contributed by atoms with E-state index in [1.807, 2.05) is 12.1 Å². The topological polar surface area (TPSA) is 83.1 Å². The summed E-state index contributed by atoms with van der Waals surface area (Å²) in [6, 6.07) is 7.50. The van der Waals surface area contributed by atoms with Crippen molar-refractivity contribution in [3.05, 3.63) is 48.0 Å². The Hall–Kier alpha value is -2.12. The predicted octanol–water partition coefficient (Wildman–Crippen LogP) is 5.48. The van der Waals surface area contributed by atoms with Crippen molar-refractivity contribution >= 4 is 7.60 Å². The fourth-order valence-electron chi connectivity index (χ4n) is 2.76. The quantitative estimate of drug-likeness (QED) is 0.447. The van der Waals surface area contributed by atoms with Gasteiger partial charge in [0.05, 0.1) is 17.7 Å². The van der Waals surface area contributed by atoms with Gasteiger partial charge in [0.15, 0.2) is 5.41 Å². The molecule has 0 N–H and O–H groups in total. The van der Waals surface area contributed by atoms with Crippen LogP contribution in [0.3, 0.4) is 0 Å². The van der Waals surface area contributed by atoms with Crippen LogP contribution < -0.4 is 0 Å². The summed E-state index contributed by atoms with van der Waals surface area (Å²) in [5.41, 5.74) is -5.53. The van der Waals surface area contributed by atoms with E-state index in [4.69, 9.17) is 9.05 Å². The molecule has 0 spiro atoms. The molecule has 1 aromatic carbocycles. The first kappa shape index (κ1) is 22.9. The minimum absolute atomic E-state index is 0.0491. The van der Waals surface area contributed by atoms with Crippen LogP contribution in [0.15, 0.2) is 36.9 Å². The smallest absolute Gasteiger partial charge is 0.311 e. The van der Waals surface area contributed by atoms with Crippen LogP contribution in [0, 0.1) is 33.5 Å². The van der Waals surface area contributed by atoms with Crippen molar-refractivity contribution in [3.63, 3.8) is 0 Å². The van der Waals surface area contributed by atoms with E-state index >= 15 is 0 Å². The van der Waals surface area contributed by atoms with Crippen molar-refractivity contribution < 1.29 is 26.8 Å². The molecular formula is C18H20F3N2O3P. The number of allylic oxidation sites excluding steroid dienone is 1. The second-order valence-electron chi connectivity index (χ2n) is 6.38. The number of hydrogen-bond donors (Lipinski definition) is 0.